The van der Waals surface area contributed by atoms with E-state index in [1.807, 2.05) is 0 Å². The van der Waals surface area contributed by atoms with Crippen molar-refractivity contribution < 1.29 is 9.13 Å². The number of nitrogen functional groups attached to an aromatic ring is 1. The highest BCUT2D eigenvalue weighted by atomic mass is 35.5. The average molecular weight is 259 g/mol. The van der Waals surface area contributed by atoms with E-state index in [-0.39, 0.29) is 5.02 Å². The maximum atomic E-state index is 13.3. The van der Waals surface area contributed by atoms with E-state index in [2.05, 4.69) is 5.32 Å². The van der Waals surface area contributed by atoms with Gasteiger partial charge < -0.3 is 15.8 Å². The second-order valence-corrected chi connectivity index (χ2v) is 4.72. The van der Waals surface area contributed by atoms with E-state index >= 15 is 0 Å². The molecule has 1 aliphatic heterocycles. The smallest absolute Gasteiger partial charge is 0.143 e. The molecule has 17 heavy (non-hydrogen) atoms. The summed E-state index contributed by atoms with van der Waals surface area (Å²) in [5.41, 5.74) is 6.82. The molecule has 94 valence electrons. The minimum absolute atomic E-state index is 0.0500. The van der Waals surface area contributed by atoms with Crippen LogP contribution in [-0.2, 0) is 4.74 Å². The Kier molecular flexibility index (Phi) is 4.07. The van der Waals surface area contributed by atoms with Crippen LogP contribution in [0.5, 0.6) is 0 Å². The van der Waals surface area contributed by atoms with E-state index in [0.717, 1.165) is 32.6 Å². The Labute approximate surface area is 105 Å². The van der Waals surface area contributed by atoms with E-state index < -0.39 is 5.82 Å². The van der Waals surface area contributed by atoms with Crippen molar-refractivity contribution in [2.75, 3.05) is 30.8 Å². The molecule has 2 rings (SSSR count). The third kappa shape index (κ3) is 3.23. The molecule has 1 atom stereocenters. The van der Waals surface area contributed by atoms with Gasteiger partial charge in [0.25, 0.3) is 0 Å². The van der Waals surface area contributed by atoms with Crippen LogP contribution in [0.15, 0.2) is 12.1 Å². The van der Waals surface area contributed by atoms with Gasteiger partial charge in [-0.3, -0.25) is 0 Å². The van der Waals surface area contributed by atoms with Crippen LogP contribution in [0.4, 0.5) is 15.8 Å². The van der Waals surface area contributed by atoms with Crippen LogP contribution in [0, 0.1) is 11.7 Å². The maximum absolute atomic E-state index is 13.3. The zero-order valence-electron chi connectivity index (χ0n) is 9.51. The third-order valence-corrected chi connectivity index (χ3v) is 3.22. The van der Waals surface area contributed by atoms with Crippen LogP contribution in [0.2, 0.25) is 5.02 Å². The van der Waals surface area contributed by atoms with Crippen LogP contribution in [0.3, 0.4) is 0 Å². The number of nitrogens with two attached hydrogens (primary N) is 1. The SMILES string of the molecule is Nc1cc(Cl)c(F)cc1NCC1CCCOC1. The fourth-order valence-electron chi connectivity index (χ4n) is 1.94. The molecule has 0 bridgehead atoms. The number of hydrogen-bond acceptors (Lipinski definition) is 3. The van der Waals surface area contributed by atoms with Gasteiger partial charge in [-0.2, -0.15) is 0 Å². The summed E-state index contributed by atoms with van der Waals surface area (Å²) in [6, 6.07) is 2.76. The van der Waals surface area contributed by atoms with Gasteiger partial charge in [0.2, 0.25) is 0 Å². The predicted octanol–water partition coefficient (Wildman–Crippen LogP) is 2.90. The first-order chi connectivity index (χ1) is 8.16. The number of hydrogen-bond donors (Lipinski definition) is 2. The van der Waals surface area contributed by atoms with E-state index in [1.165, 1.54) is 12.1 Å². The molecule has 0 amide bonds. The monoisotopic (exact) mass is 258 g/mol. The quantitative estimate of drug-likeness (QED) is 0.820. The average Bonchev–Trinajstić information content (AvgIpc) is 2.33. The van der Waals surface area contributed by atoms with Crippen molar-refractivity contribution >= 4 is 23.0 Å². The summed E-state index contributed by atoms with van der Waals surface area (Å²) in [5, 5.41) is 3.20. The van der Waals surface area contributed by atoms with Gasteiger partial charge in [0.05, 0.1) is 23.0 Å². The molecule has 1 aliphatic rings. The molecule has 1 aromatic rings. The van der Waals surface area contributed by atoms with Crippen molar-refractivity contribution in [1.29, 1.82) is 0 Å². The molecular weight excluding hydrogens is 243 g/mol. The highest BCUT2D eigenvalue weighted by Gasteiger charge is 2.14. The second-order valence-electron chi connectivity index (χ2n) is 4.32. The van der Waals surface area contributed by atoms with E-state index in [0.29, 0.717) is 17.3 Å². The standard InChI is InChI=1S/C12H16ClFN2O/c13-9-4-11(15)12(5-10(9)14)16-6-8-2-1-3-17-7-8/h4-5,8,16H,1-3,6-7,15H2. The lowest BCUT2D eigenvalue weighted by molar-refractivity contribution is 0.0595. The van der Waals surface area contributed by atoms with Crippen molar-refractivity contribution in [2.24, 2.45) is 5.92 Å². The first-order valence-corrected chi connectivity index (χ1v) is 6.10. The van der Waals surface area contributed by atoms with E-state index in [9.17, 15) is 4.39 Å². The first kappa shape index (κ1) is 12.5. The number of halogens is 2. The Hall–Kier alpha value is -1.00. The Morgan fingerprint density at radius 3 is 3.06 bits per heavy atom. The number of anilines is 2. The number of ether oxygens (including phenoxy) is 1. The lowest BCUT2D eigenvalue weighted by Crippen LogP contribution is -2.24. The third-order valence-electron chi connectivity index (χ3n) is 2.93. The number of nitrogens with one attached hydrogen (secondary N) is 1. The summed E-state index contributed by atoms with van der Waals surface area (Å²) in [6.45, 7) is 2.34. The summed E-state index contributed by atoms with van der Waals surface area (Å²) in [6.07, 6.45) is 2.21. The van der Waals surface area contributed by atoms with Crippen LogP contribution >= 0.6 is 11.6 Å². The molecule has 5 heteroatoms. The zero-order valence-corrected chi connectivity index (χ0v) is 10.3. The minimum Gasteiger partial charge on any atom is -0.397 e. The summed E-state index contributed by atoms with van der Waals surface area (Å²) in [7, 11) is 0. The molecule has 0 spiro atoms. The summed E-state index contributed by atoms with van der Waals surface area (Å²) in [5.74, 6) is 0.00477. The summed E-state index contributed by atoms with van der Waals surface area (Å²) in [4.78, 5) is 0. The van der Waals surface area contributed by atoms with Gasteiger partial charge in [0, 0.05) is 19.2 Å². The van der Waals surface area contributed by atoms with Crippen LogP contribution < -0.4 is 11.1 Å². The van der Waals surface area contributed by atoms with Gasteiger partial charge in [0.15, 0.2) is 0 Å². The van der Waals surface area contributed by atoms with Gasteiger partial charge in [-0.25, -0.2) is 4.39 Å². The molecule has 1 saturated heterocycles. The van der Waals surface area contributed by atoms with Gasteiger partial charge in [-0.05, 0) is 24.8 Å². The molecule has 3 N–H and O–H groups in total. The molecule has 1 unspecified atom stereocenters. The van der Waals surface area contributed by atoms with Gasteiger partial charge in [-0.1, -0.05) is 11.6 Å². The second kappa shape index (κ2) is 5.56. The molecule has 1 fully saturated rings. The Bertz CT molecular complexity index is 394. The van der Waals surface area contributed by atoms with Crippen molar-refractivity contribution in [2.45, 2.75) is 12.8 Å². The number of benzene rings is 1. The molecule has 1 aromatic carbocycles. The highest BCUT2D eigenvalue weighted by Crippen LogP contribution is 2.26. The summed E-state index contributed by atoms with van der Waals surface area (Å²) < 4.78 is 18.6. The molecular formula is C12H16ClFN2O. The molecule has 0 saturated carbocycles. The lowest BCUT2D eigenvalue weighted by Gasteiger charge is -2.23. The van der Waals surface area contributed by atoms with Crippen LogP contribution in [-0.4, -0.2) is 19.8 Å². The Balaban J connectivity index is 1.96. The fraction of sp³-hybridized carbons (Fsp3) is 0.500. The molecule has 0 radical (unpaired) electrons. The van der Waals surface area contributed by atoms with Gasteiger partial charge in [0.1, 0.15) is 5.82 Å². The normalized spacial score (nSPS) is 20.2. The number of rotatable bonds is 3. The Morgan fingerprint density at radius 2 is 2.35 bits per heavy atom. The van der Waals surface area contributed by atoms with Crippen LogP contribution in [0.1, 0.15) is 12.8 Å². The molecule has 3 nitrogen and oxygen atoms in total. The van der Waals surface area contributed by atoms with E-state index in [1.54, 1.807) is 0 Å². The molecule has 1 heterocycles. The zero-order chi connectivity index (χ0) is 12.3. The predicted molar refractivity (Wildman–Crippen MR) is 67.9 cm³/mol. The van der Waals surface area contributed by atoms with Gasteiger partial charge in [-0.15, -0.1) is 0 Å². The Morgan fingerprint density at radius 1 is 1.53 bits per heavy atom. The van der Waals surface area contributed by atoms with Crippen LogP contribution in [0.25, 0.3) is 0 Å². The highest BCUT2D eigenvalue weighted by molar-refractivity contribution is 6.31. The van der Waals surface area contributed by atoms with Crippen molar-refractivity contribution in [3.63, 3.8) is 0 Å². The van der Waals surface area contributed by atoms with Crippen molar-refractivity contribution in [1.82, 2.24) is 0 Å². The summed E-state index contributed by atoms with van der Waals surface area (Å²) >= 11 is 5.63. The molecule has 0 aliphatic carbocycles. The van der Waals surface area contributed by atoms with E-state index in [4.69, 9.17) is 22.1 Å². The topological polar surface area (TPSA) is 47.3 Å². The first-order valence-electron chi connectivity index (χ1n) is 5.73. The van der Waals surface area contributed by atoms with Crippen molar-refractivity contribution in [3.8, 4) is 0 Å². The fourth-order valence-corrected chi connectivity index (χ4v) is 2.11. The van der Waals surface area contributed by atoms with Crippen molar-refractivity contribution in [3.05, 3.63) is 23.0 Å². The molecule has 0 aromatic heterocycles. The largest absolute Gasteiger partial charge is 0.397 e. The maximum Gasteiger partial charge on any atom is 0.143 e. The minimum atomic E-state index is -0.455. The lowest BCUT2D eigenvalue weighted by atomic mass is 10.0. The van der Waals surface area contributed by atoms with Gasteiger partial charge >= 0.3 is 0 Å².